The average molecular weight is 280 g/mol. The molecule has 2 atom stereocenters. The van der Waals surface area contributed by atoms with Crippen molar-refractivity contribution in [3.8, 4) is 17.2 Å². The van der Waals surface area contributed by atoms with Crippen molar-refractivity contribution in [2.75, 3.05) is 0 Å². The smallest absolute Gasteiger partial charge is 0.131 e. The lowest BCUT2D eigenvalue weighted by Crippen LogP contribution is -2.23. The van der Waals surface area contributed by atoms with Crippen LogP contribution in [0.1, 0.15) is 30.1 Å². The van der Waals surface area contributed by atoms with Crippen LogP contribution in [-0.2, 0) is 0 Å². The minimum atomic E-state index is -0.0614. The van der Waals surface area contributed by atoms with E-state index < -0.39 is 0 Å². The van der Waals surface area contributed by atoms with Crippen molar-refractivity contribution in [2.24, 2.45) is 5.92 Å². The molecule has 2 aromatic rings. The van der Waals surface area contributed by atoms with Gasteiger partial charge in [0.2, 0.25) is 0 Å². The molecule has 1 aliphatic carbocycles. The molecule has 0 saturated carbocycles. The van der Waals surface area contributed by atoms with E-state index in [2.05, 4.69) is 6.08 Å². The summed E-state index contributed by atoms with van der Waals surface area (Å²) in [6, 6.07) is 12.6. The van der Waals surface area contributed by atoms with Gasteiger partial charge in [-0.15, -0.1) is 0 Å². The molecule has 3 heteroatoms. The Labute approximate surface area is 123 Å². The van der Waals surface area contributed by atoms with Crippen molar-refractivity contribution in [1.82, 2.24) is 0 Å². The van der Waals surface area contributed by atoms with Crippen LogP contribution >= 0.6 is 0 Å². The Balaban J connectivity index is 1.82. The van der Waals surface area contributed by atoms with Crippen molar-refractivity contribution in [3.63, 3.8) is 0 Å². The minimum Gasteiger partial charge on any atom is -0.508 e. The van der Waals surface area contributed by atoms with E-state index in [1.165, 1.54) is 5.57 Å². The summed E-state index contributed by atoms with van der Waals surface area (Å²) in [4.78, 5) is 0. The van der Waals surface area contributed by atoms with Crippen LogP contribution < -0.4 is 4.74 Å². The standard InChI is InChI=1S/C18H16O3/c19-12-9-7-11(8-10-12)18-14-4-1-3-13(14)17-15(20)5-2-6-16(17)21-18/h2-3,5-10,14,18-20H,1,4H2/t14-,18-/m1/s1. The summed E-state index contributed by atoms with van der Waals surface area (Å²) < 4.78 is 6.17. The average Bonchev–Trinajstić information content (AvgIpc) is 2.96. The first kappa shape index (κ1) is 12.3. The van der Waals surface area contributed by atoms with E-state index in [-0.39, 0.29) is 23.5 Å². The third-order valence-corrected chi connectivity index (χ3v) is 4.38. The summed E-state index contributed by atoms with van der Waals surface area (Å²) in [5.74, 6) is 1.54. The largest absolute Gasteiger partial charge is 0.508 e. The topological polar surface area (TPSA) is 49.7 Å². The van der Waals surface area contributed by atoms with Crippen molar-refractivity contribution >= 4 is 5.57 Å². The quantitative estimate of drug-likeness (QED) is 0.829. The fourth-order valence-corrected chi connectivity index (χ4v) is 3.42. The van der Waals surface area contributed by atoms with Crippen LogP contribution in [0.3, 0.4) is 0 Å². The molecule has 0 amide bonds. The maximum Gasteiger partial charge on any atom is 0.131 e. The maximum absolute atomic E-state index is 10.1. The van der Waals surface area contributed by atoms with E-state index in [9.17, 15) is 10.2 Å². The molecule has 3 nitrogen and oxygen atoms in total. The van der Waals surface area contributed by atoms with E-state index >= 15 is 0 Å². The summed E-state index contributed by atoms with van der Waals surface area (Å²) in [6.45, 7) is 0. The molecule has 1 aliphatic heterocycles. The highest BCUT2D eigenvalue weighted by molar-refractivity contribution is 5.79. The summed E-state index contributed by atoms with van der Waals surface area (Å²) in [6.07, 6.45) is 4.17. The van der Waals surface area contributed by atoms with Gasteiger partial charge in [-0.2, -0.15) is 0 Å². The van der Waals surface area contributed by atoms with Gasteiger partial charge in [-0.25, -0.2) is 0 Å². The zero-order valence-electron chi connectivity index (χ0n) is 11.5. The lowest BCUT2D eigenvalue weighted by Gasteiger charge is -2.34. The molecule has 0 bridgehead atoms. The lowest BCUT2D eigenvalue weighted by atomic mass is 9.83. The maximum atomic E-state index is 10.1. The Morgan fingerprint density at radius 3 is 2.62 bits per heavy atom. The molecular formula is C18H16O3. The molecule has 0 unspecified atom stereocenters. The van der Waals surface area contributed by atoms with Gasteiger partial charge >= 0.3 is 0 Å². The number of benzene rings is 2. The minimum absolute atomic E-state index is 0.0614. The van der Waals surface area contributed by atoms with Crippen molar-refractivity contribution in [1.29, 1.82) is 0 Å². The van der Waals surface area contributed by atoms with Crippen LogP contribution in [0.4, 0.5) is 0 Å². The molecule has 2 N–H and O–H groups in total. The van der Waals surface area contributed by atoms with Gasteiger partial charge in [0.1, 0.15) is 23.4 Å². The van der Waals surface area contributed by atoms with Gasteiger partial charge in [0.15, 0.2) is 0 Å². The van der Waals surface area contributed by atoms with Crippen LogP contribution in [0.5, 0.6) is 17.2 Å². The van der Waals surface area contributed by atoms with Gasteiger partial charge in [0.05, 0.1) is 5.56 Å². The van der Waals surface area contributed by atoms with Crippen LogP contribution in [0.15, 0.2) is 48.5 Å². The van der Waals surface area contributed by atoms with Gasteiger partial charge in [0, 0.05) is 5.92 Å². The first-order valence-electron chi connectivity index (χ1n) is 7.22. The zero-order valence-corrected chi connectivity index (χ0v) is 11.5. The Kier molecular flexibility index (Phi) is 2.67. The van der Waals surface area contributed by atoms with E-state index in [0.29, 0.717) is 0 Å². The summed E-state index contributed by atoms with van der Waals surface area (Å²) in [7, 11) is 0. The third-order valence-electron chi connectivity index (χ3n) is 4.38. The van der Waals surface area contributed by atoms with E-state index in [4.69, 9.17) is 4.74 Å². The number of ether oxygens (including phenoxy) is 1. The number of allylic oxidation sites excluding steroid dienone is 1. The molecular weight excluding hydrogens is 264 g/mol. The van der Waals surface area contributed by atoms with Crippen LogP contribution in [0, 0.1) is 5.92 Å². The van der Waals surface area contributed by atoms with Crippen molar-refractivity contribution in [3.05, 3.63) is 59.7 Å². The van der Waals surface area contributed by atoms with E-state index in [0.717, 1.165) is 29.7 Å². The van der Waals surface area contributed by atoms with Crippen molar-refractivity contribution in [2.45, 2.75) is 18.9 Å². The van der Waals surface area contributed by atoms with Crippen molar-refractivity contribution < 1.29 is 14.9 Å². The first-order chi connectivity index (χ1) is 10.2. The zero-order chi connectivity index (χ0) is 14.4. The van der Waals surface area contributed by atoms with Gasteiger partial charge < -0.3 is 14.9 Å². The molecule has 0 aromatic heterocycles. The Bertz CT molecular complexity index is 716. The van der Waals surface area contributed by atoms with Gasteiger partial charge in [-0.1, -0.05) is 24.3 Å². The monoisotopic (exact) mass is 280 g/mol. The summed E-state index contributed by atoms with van der Waals surface area (Å²) >= 11 is 0. The molecule has 21 heavy (non-hydrogen) atoms. The predicted octanol–water partition coefficient (Wildman–Crippen LogP) is 4.02. The third kappa shape index (κ3) is 1.88. The second kappa shape index (κ2) is 4.55. The molecule has 4 rings (SSSR count). The lowest BCUT2D eigenvalue weighted by molar-refractivity contribution is 0.150. The van der Waals surface area contributed by atoms with Gasteiger partial charge in [-0.05, 0) is 48.2 Å². The number of phenols is 2. The molecule has 0 radical (unpaired) electrons. The number of phenolic OH excluding ortho intramolecular Hbond substituents is 2. The second-order valence-electron chi connectivity index (χ2n) is 5.62. The fourth-order valence-electron chi connectivity index (χ4n) is 3.42. The number of hydrogen-bond acceptors (Lipinski definition) is 3. The second-order valence-corrected chi connectivity index (χ2v) is 5.62. The molecule has 0 fully saturated rings. The summed E-state index contributed by atoms with van der Waals surface area (Å²) in [5.41, 5.74) is 3.09. The Hall–Kier alpha value is -2.42. The number of rotatable bonds is 1. The number of fused-ring (bicyclic) bond motifs is 3. The van der Waals surface area contributed by atoms with E-state index in [1.807, 2.05) is 18.2 Å². The predicted molar refractivity (Wildman–Crippen MR) is 80.3 cm³/mol. The molecule has 0 spiro atoms. The molecule has 1 heterocycles. The molecule has 0 saturated heterocycles. The van der Waals surface area contributed by atoms with Crippen LogP contribution in [0.2, 0.25) is 0 Å². The first-order valence-corrected chi connectivity index (χ1v) is 7.22. The van der Waals surface area contributed by atoms with Gasteiger partial charge in [0.25, 0.3) is 0 Å². The van der Waals surface area contributed by atoms with Crippen LogP contribution in [0.25, 0.3) is 5.57 Å². The molecule has 2 aliphatic rings. The van der Waals surface area contributed by atoms with Crippen LogP contribution in [-0.4, -0.2) is 10.2 Å². The SMILES string of the molecule is Oc1ccc([C@H]2Oc3cccc(O)c3C3=CCC[C@H]32)cc1. The van der Waals surface area contributed by atoms with Gasteiger partial charge in [-0.3, -0.25) is 0 Å². The molecule has 2 aromatic carbocycles. The normalized spacial score (nSPS) is 23.0. The Morgan fingerprint density at radius 2 is 1.81 bits per heavy atom. The summed E-state index contributed by atoms with van der Waals surface area (Å²) in [5, 5.41) is 19.6. The number of hydrogen-bond donors (Lipinski definition) is 2. The van der Waals surface area contributed by atoms with E-state index in [1.54, 1.807) is 24.3 Å². The molecule has 106 valence electrons. The number of aromatic hydroxyl groups is 2. The highest BCUT2D eigenvalue weighted by Crippen LogP contribution is 2.53. The fraction of sp³-hybridized carbons (Fsp3) is 0.222. The Morgan fingerprint density at radius 1 is 1.00 bits per heavy atom. The highest BCUT2D eigenvalue weighted by Gasteiger charge is 2.38. The highest BCUT2D eigenvalue weighted by atomic mass is 16.5.